The first kappa shape index (κ1) is 16.4. The number of nitrogens with zero attached hydrogens (tertiary/aromatic N) is 2. The van der Waals surface area contributed by atoms with Gasteiger partial charge in [0.25, 0.3) is 0 Å². The number of ether oxygens (including phenoxy) is 1. The number of rotatable bonds is 7. The van der Waals surface area contributed by atoms with Crippen molar-refractivity contribution in [2.45, 2.75) is 76.9 Å². The Morgan fingerprint density at radius 2 is 2.00 bits per heavy atom. The monoisotopic (exact) mass is 295 g/mol. The van der Waals surface area contributed by atoms with Gasteiger partial charge in [-0.3, -0.25) is 0 Å². The Bertz CT molecular complexity index is 440. The van der Waals surface area contributed by atoms with Crippen LogP contribution in [0.2, 0.25) is 0 Å². The van der Waals surface area contributed by atoms with E-state index in [1.54, 1.807) is 0 Å². The highest BCUT2D eigenvalue weighted by atomic mass is 16.5. The lowest BCUT2D eigenvalue weighted by atomic mass is 9.79. The van der Waals surface area contributed by atoms with Crippen LogP contribution in [0.1, 0.15) is 71.0 Å². The molecule has 1 aliphatic carbocycles. The summed E-state index contributed by atoms with van der Waals surface area (Å²) in [6.07, 6.45) is 7.87. The summed E-state index contributed by atoms with van der Waals surface area (Å²) >= 11 is 0. The van der Waals surface area contributed by atoms with Crippen LogP contribution in [0, 0.1) is 0 Å². The van der Waals surface area contributed by atoms with E-state index in [2.05, 4.69) is 22.4 Å². The van der Waals surface area contributed by atoms with Crippen LogP contribution in [-0.2, 0) is 16.8 Å². The van der Waals surface area contributed by atoms with Gasteiger partial charge in [0.1, 0.15) is 5.60 Å². The van der Waals surface area contributed by atoms with E-state index in [1.807, 2.05) is 20.9 Å². The molecule has 5 nitrogen and oxygen atoms in total. The molecule has 1 aromatic heterocycles. The Kier molecular flexibility index (Phi) is 5.38. The fourth-order valence-electron chi connectivity index (χ4n) is 3.22. The van der Waals surface area contributed by atoms with Crippen LogP contribution in [0.5, 0.6) is 0 Å². The Balaban J connectivity index is 2.12. The van der Waals surface area contributed by atoms with Gasteiger partial charge in [0.05, 0.1) is 0 Å². The van der Waals surface area contributed by atoms with Gasteiger partial charge in [-0.15, -0.1) is 0 Å². The first-order valence-corrected chi connectivity index (χ1v) is 8.23. The fourth-order valence-corrected chi connectivity index (χ4v) is 3.22. The lowest BCUT2D eigenvalue weighted by Crippen LogP contribution is -2.46. The molecule has 1 aromatic rings. The molecule has 0 amide bonds. The molecule has 120 valence electrons. The minimum atomic E-state index is -0.449. The molecule has 0 aliphatic heterocycles. The SMILES string of the molecule is CCOC(C)(CC)c1noc(CC2(NC)CCCCC2)n1. The van der Waals surface area contributed by atoms with Crippen molar-refractivity contribution in [2.75, 3.05) is 13.7 Å². The molecule has 21 heavy (non-hydrogen) atoms. The normalized spacial score (nSPS) is 21.1. The largest absolute Gasteiger partial charge is 0.367 e. The van der Waals surface area contributed by atoms with Gasteiger partial charge >= 0.3 is 0 Å². The van der Waals surface area contributed by atoms with E-state index in [1.165, 1.54) is 32.1 Å². The van der Waals surface area contributed by atoms with E-state index >= 15 is 0 Å². The predicted molar refractivity (Wildman–Crippen MR) is 82.1 cm³/mol. The summed E-state index contributed by atoms with van der Waals surface area (Å²) in [4.78, 5) is 4.62. The second-order valence-corrected chi connectivity index (χ2v) is 6.30. The molecular formula is C16H29N3O2. The number of hydrogen-bond donors (Lipinski definition) is 1. The van der Waals surface area contributed by atoms with E-state index < -0.39 is 5.60 Å². The fraction of sp³-hybridized carbons (Fsp3) is 0.875. The average Bonchev–Trinajstić information content (AvgIpc) is 2.97. The van der Waals surface area contributed by atoms with Gasteiger partial charge in [-0.2, -0.15) is 4.98 Å². The quantitative estimate of drug-likeness (QED) is 0.837. The molecule has 1 atom stereocenters. The van der Waals surface area contributed by atoms with Crippen molar-refractivity contribution in [3.05, 3.63) is 11.7 Å². The van der Waals surface area contributed by atoms with Crippen LogP contribution in [0.25, 0.3) is 0 Å². The zero-order valence-electron chi connectivity index (χ0n) is 13.9. The first-order chi connectivity index (χ1) is 10.1. The van der Waals surface area contributed by atoms with Crippen molar-refractivity contribution in [2.24, 2.45) is 0 Å². The van der Waals surface area contributed by atoms with Gasteiger partial charge in [0, 0.05) is 18.6 Å². The van der Waals surface area contributed by atoms with Crippen molar-refractivity contribution in [3.63, 3.8) is 0 Å². The van der Waals surface area contributed by atoms with E-state index in [-0.39, 0.29) is 5.54 Å². The zero-order chi connectivity index (χ0) is 15.3. The number of aromatic nitrogens is 2. The maximum Gasteiger partial charge on any atom is 0.228 e. The second-order valence-electron chi connectivity index (χ2n) is 6.30. The van der Waals surface area contributed by atoms with Crippen LogP contribution < -0.4 is 5.32 Å². The number of nitrogens with one attached hydrogen (secondary N) is 1. The van der Waals surface area contributed by atoms with Crippen LogP contribution in [0.3, 0.4) is 0 Å². The summed E-state index contributed by atoms with van der Waals surface area (Å²) in [5.41, 5.74) is -0.327. The average molecular weight is 295 g/mol. The molecule has 1 saturated carbocycles. The molecule has 0 bridgehead atoms. The highest BCUT2D eigenvalue weighted by Gasteiger charge is 2.35. The molecule has 1 heterocycles. The summed E-state index contributed by atoms with van der Waals surface area (Å²) in [7, 11) is 2.04. The molecule has 1 aliphatic rings. The Morgan fingerprint density at radius 3 is 2.57 bits per heavy atom. The van der Waals surface area contributed by atoms with Crippen molar-refractivity contribution in [1.29, 1.82) is 0 Å². The van der Waals surface area contributed by atoms with Crippen LogP contribution in [0.15, 0.2) is 4.52 Å². The summed E-state index contributed by atoms with van der Waals surface area (Å²) < 4.78 is 11.3. The van der Waals surface area contributed by atoms with Gasteiger partial charge in [-0.05, 0) is 40.2 Å². The van der Waals surface area contributed by atoms with Crippen molar-refractivity contribution in [1.82, 2.24) is 15.5 Å². The zero-order valence-corrected chi connectivity index (χ0v) is 13.9. The molecule has 1 fully saturated rings. The molecule has 0 saturated heterocycles. The van der Waals surface area contributed by atoms with E-state index in [4.69, 9.17) is 9.26 Å². The summed E-state index contributed by atoms with van der Waals surface area (Å²) in [5, 5.41) is 7.66. The minimum Gasteiger partial charge on any atom is -0.367 e. The molecule has 0 aromatic carbocycles. The van der Waals surface area contributed by atoms with Gasteiger partial charge in [0.15, 0.2) is 0 Å². The van der Waals surface area contributed by atoms with Gasteiger partial charge < -0.3 is 14.6 Å². The smallest absolute Gasteiger partial charge is 0.228 e. The molecule has 0 spiro atoms. The van der Waals surface area contributed by atoms with Crippen molar-refractivity contribution in [3.8, 4) is 0 Å². The number of likely N-dealkylation sites (N-methyl/N-ethyl adjacent to an activating group) is 1. The Hall–Kier alpha value is -0.940. The maximum absolute atomic E-state index is 5.82. The predicted octanol–water partition coefficient (Wildman–Crippen LogP) is 3.20. The van der Waals surface area contributed by atoms with Crippen molar-refractivity contribution >= 4 is 0 Å². The molecule has 5 heteroatoms. The summed E-state index contributed by atoms with van der Waals surface area (Å²) in [6.45, 7) is 6.75. The maximum atomic E-state index is 5.82. The van der Waals surface area contributed by atoms with E-state index in [0.29, 0.717) is 12.4 Å². The molecular weight excluding hydrogens is 266 g/mol. The highest BCUT2D eigenvalue weighted by Crippen LogP contribution is 2.32. The van der Waals surface area contributed by atoms with Gasteiger partial charge in [0.2, 0.25) is 11.7 Å². The van der Waals surface area contributed by atoms with Gasteiger partial charge in [-0.1, -0.05) is 31.3 Å². The second kappa shape index (κ2) is 6.88. The van der Waals surface area contributed by atoms with Crippen LogP contribution in [-0.4, -0.2) is 29.3 Å². The molecule has 1 unspecified atom stereocenters. The summed E-state index contributed by atoms with van der Waals surface area (Å²) in [5.74, 6) is 1.39. The summed E-state index contributed by atoms with van der Waals surface area (Å²) in [6, 6.07) is 0. The Morgan fingerprint density at radius 1 is 1.29 bits per heavy atom. The third-order valence-electron chi connectivity index (χ3n) is 4.91. The third kappa shape index (κ3) is 3.64. The molecule has 1 N–H and O–H groups in total. The standard InChI is InChI=1S/C16H29N3O2/c1-5-15(3,20-6-2)14-18-13(21-19-14)12-16(17-4)10-8-7-9-11-16/h17H,5-12H2,1-4H3. The van der Waals surface area contributed by atoms with Crippen molar-refractivity contribution < 1.29 is 9.26 Å². The van der Waals surface area contributed by atoms with E-state index in [9.17, 15) is 0 Å². The lowest BCUT2D eigenvalue weighted by Gasteiger charge is -2.36. The molecule has 2 rings (SSSR count). The minimum absolute atomic E-state index is 0.121. The third-order valence-corrected chi connectivity index (χ3v) is 4.91. The first-order valence-electron chi connectivity index (χ1n) is 8.23. The molecule has 0 radical (unpaired) electrons. The van der Waals surface area contributed by atoms with E-state index in [0.717, 1.165) is 18.7 Å². The van der Waals surface area contributed by atoms with Gasteiger partial charge in [-0.25, -0.2) is 0 Å². The van der Waals surface area contributed by atoms with Crippen LogP contribution >= 0.6 is 0 Å². The van der Waals surface area contributed by atoms with Crippen LogP contribution in [0.4, 0.5) is 0 Å². The topological polar surface area (TPSA) is 60.2 Å². The lowest BCUT2D eigenvalue weighted by molar-refractivity contribution is -0.0403. The number of hydrogen-bond acceptors (Lipinski definition) is 5. The highest BCUT2D eigenvalue weighted by molar-refractivity contribution is 5.03. The Labute approximate surface area is 127 Å².